The number of amides is 1. The molecule has 0 fully saturated rings. The average Bonchev–Trinajstić information content (AvgIpc) is 2.83. The van der Waals surface area contributed by atoms with Crippen LogP contribution in [0.15, 0.2) is 36.8 Å². The number of hydrogen-bond donors (Lipinski definition) is 3. The number of rotatable bonds is 3. The summed E-state index contributed by atoms with van der Waals surface area (Å²) in [6.45, 7) is 0.388. The summed E-state index contributed by atoms with van der Waals surface area (Å²) in [5, 5.41) is 2.77. The maximum atomic E-state index is 11.7. The highest BCUT2D eigenvalue weighted by Gasteiger charge is 2.08. The van der Waals surface area contributed by atoms with Crippen LogP contribution in [-0.4, -0.2) is 15.9 Å². The number of anilines is 1. The molecule has 0 saturated heterocycles. The summed E-state index contributed by atoms with van der Waals surface area (Å²) in [7, 11) is 0. The SMILES string of the molecule is NCc1ccccc1NC(=O)c1cnc[nH]1. The third kappa shape index (κ3) is 2.09. The molecule has 1 heterocycles. The first kappa shape index (κ1) is 10.4. The lowest BCUT2D eigenvalue weighted by molar-refractivity contribution is 0.102. The Labute approximate surface area is 92.7 Å². The number of carbonyl (C=O) groups excluding carboxylic acids is 1. The number of aromatic nitrogens is 2. The Kier molecular flexibility index (Phi) is 2.98. The molecule has 0 atom stereocenters. The van der Waals surface area contributed by atoms with Crippen molar-refractivity contribution < 1.29 is 4.79 Å². The summed E-state index contributed by atoms with van der Waals surface area (Å²) >= 11 is 0. The zero-order valence-electron chi connectivity index (χ0n) is 8.60. The van der Waals surface area contributed by atoms with E-state index in [9.17, 15) is 4.79 Å². The largest absolute Gasteiger partial charge is 0.341 e. The fourth-order valence-electron chi connectivity index (χ4n) is 1.39. The van der Waals surface area contributed by atoms with Crippen LogP contribution in [0.3, 0.4) is 0 Å². The van der Waals surface area contributed by atoms with E-state index in [1.807, 2.05) is 24.3 Å². The predicted molar refractivity (Wildman–Crippen MR) is 60.9 cm³/mol. The van der Waals surface area contributed by atoms with E-state index in [0.29, 0.717) is 12.2 Å². The molecule has 0 unspecified atom stereocenters. The number of para-hydroxylation sites is 1. The molecule has 0 saturated carbocycles. The van der Waals surface area contributed by atoms with Crippen LogP contribution >= 0.6 is 0 Å². The molecule has 16 heavy (non-hydrogen) atoms. The fourth-order valence-corrected chi connectivity index (χ4v) is 1.39. The van der Waals surface area contributed by atoms with E-state index in [0.717, 1.165) is 11.3 Å². The molecular formula is C11H12N4O. The lowest BCUT2D eigenvalue weighted by Gasteiger charge is -2.08. The third-order valence-corrected chi connectivity index (χ3v) is 2.23. The summed E-state index contributed by atoms with van der Waals surface area (Å²) in [4.78, 5) is 18.2. The third-order valence-electron chi connectivity index (χ3n) is 2.23. The van der Waals surface area contributed by atoms with Gasteiger partial charge < -0.3 is 16.0 Å². The van der Waals surface area contributed by atoms with Crippen LogP contribution in [0.4, 0.5) is 5.69 Å². The molecule has 1 amide bonds. The molecule has 0 aliphatic heterocycles. The fraction of sp³-hybridized carbons (Fsp3) is 0.0909. The molecule has 1 aromatic heterocycles. The topological polar surface area (TPSA) is 83.8 Å². The van der Waals surface area contributed by atoms with Crippen molar-refractivity contribution in [3.05, 3.63) is 48.0 Å². The molecular weight excluding hydrogens is 204 g/mol. The number of aromatic amines is 1. The minimum atomic E-state index is -0.224. The molecule has 2 aromatic rings. The van der Waals surface area contributed by atoms with Gasteiger partial charge in [0.2, 0.25) is 0 Å². The normalized spacial score (nSPS) is 10.1. The molecule has 0 spiro atoms. The number of imidazole rings is 1. The minimum absolute atomic E-state index is 0.224. The zero-order valence-corrected chi connectivity index (χ0v) is 8.60. The van der Waals surface area contributed by atoms with Crippen molar-refractivity contribution >= 4 is 11.6 Å². The summed E-state index contributed by atoms with van der Waals surface area (Å²) in [6, 6.07) is 7.43. The summed E-state index contributed by atoms with van der Waals surface area (Å²) < 4.78 is 0. The van der Waals surface area contributed by atoms with E-state index in [-0.39, 0.29) is 5.91 Å². The first-order valence-electron chi connectivity index (χ1n) is 4.89. The van der Waals surface area contributed by atoms with Gasteiger partial charge in [-0.25, -0.2) is 4.98 Å². The maximum Gasteiger partial charge on any atom is 0.273 e. The zero-order chi connectivity index (χ0) is 11.4. The Morgan fingerprint density at radius 3 is 2.94 bits per heavy atom. The second-order valence-electron chi connectivity index (χ2n) is 3.28. The molecule has 2 rings (SSSR count). The summed E-state index contributed by atoms with van der Waals surface area (Å²) in [6.07, 6.45) is 2.93. The Morgan fingerprint density at radius 1 is 1.44 bits per heavy atom. The number of benzene rings is 1. The van der Waals surface area contributed by atoms with Crippen molar-refractivity contribution in [1.82, 2.24) is 9.97 Å². The van der Waals surface area contributed by atoms with Gasteiger partial charge in [-0.2, -0.15) is 0 Å². The van der Waals surface area contributed by atoms with E-state index < -0.39 is 0 Å². The van der Waals surface area contributed by atoms with Crippen molar-refractivity contribution in [2.75, 3.05) is 5.32 Å². The van der Waals surface area contributed by atoms with Gasteiger partial charge in [-0.1, -0.05) is 18.2 Å². The van der Waals surface area contributed by atoms with Crippen molar-refractivity contribution in [1.29, 1.82) is 0 Å². The van der Waals surface area contributed by atoms with Crippen LogP contribution in [0, 0.1) is 0 Å². The highest BCUT2D eigenvalue weighted by atomic mass is 16.1. The summed E-state index contributed by atoms with van der Waals surface area (Å²) in [5.74, 6) is -0.224. The number of hydrogen-bond acceptors (Lipinski definition) is 3. The lowest BCUT2D eigenvalue weighted by atomic mass is 10.2. The molecule has 1 aromatic carbocycles. The predicted octanol–water partition coefficient (Wildman–Crippen LogP) is 1.12. The number of nitrogens with zero attached hydrogens (tertiary/aromatic N) is 1. The van der Waals surface area contributed by atoms with Gasteiger partial charge >= 0.3 is 0 Å². The van der Waals surface area contributed by atoms with Gasteiger partial charge in [0.05, 0.1) is 12.5 Å². The monoisotopic (exact) mass is 216 g/mol. The van der Waals surface area contributed by atoms with Crippen LogP contribution < -0.4 is 11.1 Å². The standard InChI is InChI=1S/C11H12N4O/c12-5-8-3-1-2-4-9(8)15-11(16)10-6-13-7-14-10/h1-4,6-7H,5,12H2,(H,13,14)(H,15,16). The highest BCUT2D eigenvalue weighted by molar-refractivity contribution is 6.03. The van der Waals surface area contributed by atoms with Gasteiger partial charge in [0.1, 0.15) is 5.69 Å². The number of H-pyrrole nitrogens is 1. The number of nitrogens with two attached hydrogens (primary N) is 1. The second kappa shape index (κ2) is 4.59. The molecule has 5 heteroatoms. The molecule has 5 nitrogen and oxygen atoms in total. The average molecular weight is 216 g/mol. The highest BCUT2D eigenvalue weighted by Crippen LogP contribution is 2.14. The quantitative estimate of drug-likeness (QED) is 0.718. The van der Waals surface area contributed by atoms with Crippen LogP contribution in [0.5, 0.6) is 0 Å². The molecule has 0 aliphatic rings. The van der Waals surface area contributed by atoms with Gasteiger partial charge in [-0.05, 0) is 11.6 Å². The van der Waals surface area contributed by atoms with Gasteiger partial charge in [-0.3, -0.25) is 4.79 Å². The van der Waals surface area contributed by atoms with Gasteiger partial charge in [0.15, 0.2) is 0 Å². The Morgan fingerprint density at radius 2 is 2.25 bits per heavy atom. The van der Waals surface area contributed by atoms with E-state index in [4.69, 9.17) is 5.73 Å². The summed E-state index contributed by atoms with van der Waals surface area (Å²) in [5.41, 5.74) is 7.62. The Balaban J connectivity index is 2.18. The van der Waals surface area contributed by atoms with Gasteiger partial charge in [-0.15, -0.1) is 0 Å². The molecule has 0 radical (unpaired) electrons. The second-order valence-corrected chi connectivity index (χ2v) is 3.28. The van der Waals surface area contributed by atoms with Crippen molar-refractivity contribution in [2.24, 2.45) is 5.73 Å². The van der Waals surface area contributed by atoms with Crippen molar-refractivity contribution in [3.63, 3.8) is 0 Å². The first-order valence-corrected chi connectivity index (χ1v) is 4.89. The van der Waals surface area contributed by atoms with Crippen molar-refractivity contribution in [2.45, 2.75) is 6.54 Å². The maximum absolute atomic E-state index is 11.7. The Bertz CT molecular complexity index is 478. The van der Waals surface area contributed by atoms with E-state index >= 15 is 0 Å². The van der Waals surface area contributed by atoms with E-state index in [1.165, 1.54) is 12.5 Å². The molecule has 0 aliphatic carbocycles. The first-order chi connectivity index (χ1) is 7.81. The van der Waals surface area contributed by atoms with Crippen molar-refractivity contribution in [3.8, 4) is 0 Å². The Hall–Kier alpha value is -2.14. The van der Waals surface area contributed by atoms with E-state index in [1.54, 1.807) is 0 Å². The number of nitrogens with one attached hydrogen (secondary N) is 2. The van der Waals surface area contributed by atoms with Gasteiger partial charge in [0, 0.05) is 12.2 Å². The van der Waals surface area contributed by atoms with E-state index in [2.05, 4.69) is 15.3 Å². The lowest BCUT2D eigenvalue weighted by Crippen LogP contribution is -2.14. The van der Waals surface area contributed by atoms with Crippen LogP contribution in [0.2, 0.25) is 0 Å². The van der Waals surface area contributed by atoms with Crippen LogP contribution in [0.25, 0.3) is 0 Å². The molecule has 0 bridgehead atoms. The minimum Gasteiger partial charge on any atom is -0.341 e. The smallest absolute Gasteiger partial charge is 0.273 e. The molecule has 82 valence electrons. The molecule has 4 N–H and O–H groups in total. The van der Waals surface area contributed by atoms with Crippen LogP contribution in [0.1, 0.15) is 16.1 Å². The number of carbonyl (C=O) groups is 1. The van der Waals surface area contributed by atoms with Crippen LogP contribution in [-0.2, 0) is 6.54 Å². The van der Waals surface area contributed by atoms with Gasteiger partial charge in [0.25, 0.3) is 5.91 Å².